The number of carbonyl (C=O) groups excluding carboxylic acids is 2. The third kappa shape index (κ3) is 3.22. The number of anilines is 1. The second kappa shape index (κ2) is 5.86. The van der Waals surface area contributed by atoms with Crippen LogP contribution in [-0.4, -0.2) is 18.0 Å². The van der Waals surface area contributed by atoms with Crippen LogP contribution >= 0.6 is 11.3 Å². The van der Waals surface area contributed by atoms with Crippen molar-refractivity contribution in [2.24, 2.45) is 5.73 Å². The molecule has 1 aromatic heterocycles. The van der Waals surface area contributed by atoms with Gasteiger partial charge < -0.3 is 11.1 Å². The van der Waals surface area contributed by atoms with Crippen molar-refractivity contribution in [2.75, 3.05) is 5.32 Å². The molecule has 0 radical (unpaired) electrons. The molecule has 0 unspecified atom stereocenters. The molecule has 0 saturated heterocycles. The molecule has 1 aromatic rings. The van der Waals surface area contributed by atoms with E-state index < -0.39 is 5.91 Å². The lowest BCUT2D eigenvalue weighted by molar-refractivity contribution is 0.100. The molecule has 5 nitrogen and oxygen atoms in total. The maximum atomic E-state index is 11.8. The first-order valence-corrected chi connectivity index (χ1v) is 6.99. The van der Waals surface area contributed by atoms with Gasteiger partial charge in [-0.15, -0.1) is 11.3 Å². The van der Waals surface area contributed by atoms with E-state index in [0.29, 0.717) is 10.6 Å². The zero-order valence-electron chi connectivity index (χ0n) is 10.1. The normalized spacial score (nSPS) is 16.2. The molecule has 0 aromatic carbocycles. The maximum absolute atomic E-state index is 11.8. The Morgan fingerprint density at radius 1 is 1.28 bits per heavy atom. The van der Waals surface area contributed by atoms with Crippen LogP contribution in [0.5, 0.6) is 0 Å². The lowest BCUT2D eigenvalue weighted by Crippen LogP contribution is -2.39. The predicted molar refractivity (Wildman–Crippen MR) is 71.9 cm³/mol. The second-order valence-electron chi connectivity index (χ2n) is 4.46. The van der Waals surface area contributed by atoms with Gasteiger partial charge in [-0.2, -0.15) is 0 Å². The fourth-order valence-corrected chi connectivity index (χ4v) is 2.96. The van der Waals surface area contributed by atoms with Gasteiger partial charge in [0.15, 0.2) is 0 Å². The highest BCUT2D eigenvalue weighted by atomic mass is 32.1. The van der Waals surface area contributed by atoms with Crippen molar-refractivity contribution in [2.45, 2.75) is 38.1 Å². The van der Waals surface area contributed by atoms with Crippen molar-refractivity contribution in [3.8, 4) is 0 Å². The van der Waals surface area contributed by atoms with Gasteiger partial charge in [-0.25, -0.2) is 4.79 Å². The number of urea groups is 1. The van der Waals surface area contributed by atoms with E-state index >= 15 is 0 Å². The molecule has 1 saturated carbocycles. The van der Waals surface area contributed by atoms with Gasteiger partial charge >= 0.3 is 6.03 Å². The summed E-state index contributed by atoms with van der Waals surface area (Å²) < 4.78 is 0. The van der Waals surface area contributed by atoms with Crippen LogP contribution in [0.3, 0.4) is 0 Å². The van der Waals surface area contributed by atoms with Crippen molar-refractivity contribution in [3.05, 3.63) is 17.0 Å². The zero-order valence-corrected chi connectivity index (χ0v) is 10.9. The van der Waals surface area contributed by atoms with E-state index in [9.17, 15) is 9.59 Å². The maximum Gasteiger partial charge on any atom is 0.320 e. The number of nitrogens with one attached hydrogen (secondary N) is 2. The van der Waals surface area contributed by atoms with Gasteiger partial charge in [0.2, 0.25) is 0 Å². The Balaban J connectivity index is 1.90. The summed E-state index contributed by atoms with van der Waals surface area (Å²) in [6.07, 6.45) is 5.63. The Bertz CT molecular complexity index is 438. The van der Waals surface area contributed by atoms with Crippen LogP contribution in [0.1, 0.15) is 42.5 Å². The molecule has 0 atom stereocenters. The Kier molecular flexibility index (Phi) is 4.19. The Hall–Kier alpha value is -1.56. The summed E-state index contributed by atoms with van der Waals surface area (Å²) in [5.41, 5.74) is 5.58. The topological polar surface area (TPSA) is 84.2 Å². The van der Waals surface area contributed by atoms with Gasteiger partial charge in [0.25, 0.3) is 5.91 Å². The van der Waals surface area contributed by atoms with Gasteiger partial charge in [-0.3, -0.25) is 10.1 Å². The first kappa shape index (κ1) is 12.9. The fourth-order valence-electron chi connectivity index (χ4n) is 2.17. The average Bonchev–Trinajstić information content (AvgIpc) is 2.78. The molecule has 0 aliphatic heterocycles. The molecule has 0 bridgehead atoms. The average molecular weight is 267 g/mol. The molecular weight excluding hydrogens is 250 g/mol. The monoisotopic (exact) mass is 267 g/mol. The minimum Gasteiger partial charge on any atom is -0.366 e. The number of nitrogens with two attached hydrogens (primary N) is 1. The summed E-state index contributed by atoms with van der Waals surface area (Å²) in [7, 11) is 0. The van der Waals surface area contributed by atoms with Crippen LogP contribution in [0.25, 0.3) is 0 Å². The van der Waals surface area contributed by atoms with Crippen molar-refractivity contribution < 1.29 is 9.59 Å². The number of thiophene rings is 1. The molecule has 0 spiro atoms. The van der Waals surface area contributed by atoms with Gasteiger partial charge in [-0.05, 0) is 24.3 Å². The lowest BCUT2D eigenvalue weighted by Gasteiger charge is -2.22. The second-order valence-corrected chi connectivity index (χ2v) is 5.38. The quantitative estimate of drug-likeness (QED) is 0.785. The number of primary amides is 1. The van der Waals surface area contributed by atoms with Gasteiger partial charge in [0.05, 0.1) is 5.56 Å². The van der Waals surface area contributed by atoms with E-state index in [-0.39, 0.29) is 12.1 Å². The predicted octanol–water partition coefficient (Wildman–Crippen LogP) is 2.30. The van der Waals surface area contributed by atoms with E-state index in [4.69, 9.17) is 5.73 Å². The first-order valence-electron chi connectivity index (χ1n) is 6.11. The summed E-state index contributed by atoms with van der Waals surface area (Å²) in [4.78, 5) is 22.9. The highest BCUT2D eigenvalue weighted by Crippen LogP contribution is 2.23. The summed E-state index contributed by atoms with van der Waals surface area (Å²) in [6, 6.07) is 1.60. The van der Waals surface area contributed by atoms with E-state index in [1.54, 1.807) is 11.4 Å². The van der Waals surface area contributed by atoms with Crippen LogP contribution in [0.15, 0.2) is 11.4 Å². The summed E-state index contributed by atoms with van der Waals surface area (Å²) in [5, 5.41) is 7.86. The number of amides is 3. The molecule has 1 aliphatic carbocycles. The molecule has 1 heterocycles. The Morgan fingerprint density at radius 3 is 2.67 bits per heavy atom. The molecule has 1 fully saturated rings. The molecule has 18 heavy (non-hydrogen) atoms. The first-order chi connectivity index (χ1) is 8.66. The van der Waals surface area contributed by atoms with Crippen molar-refractivity contribution >= 4 is 28.3 Å². The van der Waals surface area contributed by atoms with Crippen LogP contribution in [0.4, 0.5) is 9.80 Å². The smallest absolute Gasteiger partial charge is 0.320 e. The molecule has 98 valence electrons. The van der Waals surface area contributed by atoms with Crippen LogP contribution in [0, 0.1) is 0 Å². The number of hydrogen-bond acceptors (Lipinski definition) is 3. The van der Waals surface area contributed by atoms with Gasteiger partial charge in [0.1, 0.15) is 5.00 Å². The van der Waals surface area contributed by atoms with Crippen molar-refractivity contribution in [1.29, 1.82) is 0 Å². The number of hydrogen-bond donors (Lipinski definition) is 3. The van der Waals surface area contributed by atoms with E-state index in [0.717, 1.165) is 25.7 Å². The van der Waals surface area contributed by atoms with Crippen molar-refractivity contribution in [3.63, 3.8) is 0 Å². The summed E-state index contributed by atoms with van der Waals surface area (Å²) in [6.45, 7) is 0. The summed E-state index contributed by atoms with van der Waals surface area (Å²) in [5.74, 6) is -0.524. The van der Waals surface area contributed by atoms with Crippen LogP contribution in [0.2, 0.25) is 0 Å². The lowest BCUT2D eigenvalue weighted by atomic mass is 9.96. The van der Waals surface area contributed by atoms with E-state index in [1.165, 1.54) is 17.8 Å². The molecular formula is C12H17N3O2S. The molecule has 2 rings (SSSR count). The standard InChI is InChI=1S/C12H17N3O2S/c13-10(16)9-6-7-18-11(9)15-12(17)14-8-4-2-1-3-5-8/h6-8H,1-5H2,(H2,13,16)(H2,14,15,17). The Labute approximate surface area is 110 Å². The molecule has 1 aliphatic rings. The zero-order chi connectivity index (χ0) is 13.0. The number of carbonyl (C=O) groups is 2. The highest BCUT2D eigenvalue weighted by molar-refractivity contribution is 7.14. The largest absolute Gasteiger partial charge is 0.366 e. The van der Waals surface area contributed by atoms with E-state index in [1.807, 2.05) is 0 Å². The van der Waals surface area contributed by atoms with Crippen LogP contribution < -0.4 is 16.4 Å². The molecule has 6 heteroatoms. The minimum atomic E-state index is -0.524. The molecule has 3 amide bonds. The highest BCUT2D eigenvalue weighted by Gasteiger charge is 2.17. The number of rotatable bonds is 3. The van der Waals surface area contributed by atoms with E-state index in [2.05, 4.69) is 10.6 Å². The van der Waals surface area contributed by atoms with Gasteiger partial charge in [-0.1, -0.05) is 19.3 Å². The Morgan fingerprint density at radius 2 is 2.00 bits per heavy atom. The van der Waals surface area contributed by atoms with Crippen LogP contribution in [-0.2, 0) is 0 Å². The molecule has 4 N–H and O–H groups in total. The fraction of sp³-hybridized carbons (Fsp3) is 0.500. The third-order valence-electron chi connectivity index (χ3n) is 3.10. The third-order valence-corrected chi connectivity index (χ3v) is 3.93. The minimum absolute atomic E-state index is 0.246. The van der Waals surface area contributed by atoms with Crippen molar-refractivity contribution in [1.82, 2.24) is 5.32 Å². The SMILES string of the molecule is NC(=O)c1ccsc1NC(=O)NC1CCCCC1. The van der Waals surface area contributed by atoms with Gasteiger partial charge in [0, 0.05) is 6.04 Å². The summed E-state index contributed by atoms with van der Waals surface area (Å²) >= 11 is 1.30.